The van der Waals surface area contributed by atoms with E-state index >= 15 is 0 Å². The van der Waals surface area contributed by atoms with E-state index in [1.165, 1.54) is 168 Å². The number of rotatable bonds is 14. The molecule has 6 aromatic heterocycles. The maximum absolute atomic E-state index is 8.77. The first-order valence-corrected chi connectivity index (χ1v) is 53.4. The second-order valence-corrected chi connectivity index (χ2v) is 42.3. The van der Waals surface area contributed by atoms with Crippen LogP contribution >= 0.6 is 45.3 Å². The number of thiophene rings is 4. The molecule has 0 aliphatic rings. The average Bonchev–Trinajstić information content (AvgIpc) is 1.49. The molecule has 0 saturated carbocycles. The Bertz CT molecular complexity index is 11100. The third-order valence-electron chi connectivity index (χ3n) is 29.4. The van der Waals surface area contributed by atoms with Gasteiger partial charge in [0.15, 0.2) is 0 Å². The summed E-state index contributed by atoms with van der Waals surface area (Å²) in [6.45, 7) is 0. The van der Waals surface area contributed by atoms with E-state index in [0.717, 1.165) is 106 Å². The van der Waals surface area contributed by atoms with Gasteiger partial charge in [-0.05, 0) is 256 Å². The van der Waals surface area contributed by atoms with Crippen LogP contribution in [0.3, 0.4) is 0 Å². The molecular formula is C140H87N3O2S4. The van der Waals surface area contributed by atoms with E-state index in [9.17, 15) is 0 Å². The van der Waals surface area contributed by atoms with Crippen molar-refractivity contribution in [2.75, 3.05) is 14.7 Å². The Morgan fingerprint density at radius 3 is 1.23 bits per heavy atom. The van der Waals surface area contributed by atoms with Gasteiger partial charge in [-0.2, -0.15) is 0 Å². The Labute approximate surface area is 881 Å². The monoisotopic (exact) mass is 1970 g/mol. The van der Waals surface area contributed by atoms with Gasteiger partial charge in [0, 0.05) is 160 Å². The number of hydrogen-bond donors (Lipinski definition) is 0. The molecule has 0 radical (unpaired) electrons. The van der Waals surface area contributed by atoms with Crippen molar-refractivity contribution in [1.82, 2.24) is 0 Å². The molecule has 0 spiro atoms. The molecule has 0 atom stereocenters. The van der Waals surface area contributed by atoms with E-state index in [1.807, 2.05) is 65.1 Å². The van der Waals surface area contributed by atoms with Crippen LogP contribution in [0.15, 0.2) is 536 Å². The topological polar surface area (TPSA) is 36.0 Å². The number of fused-ring (bicyclic) bond motifs is 26. The number of anilines is 9. The number of para-hydroxylation sites is 1. The number of hydrogen-bond acceptors (Lipinski definition) is 9. The lowest BCUT2D eigenvalue weighted by atomic mass is 9.93. The lowest BCUT2D eigenvalue weighted by Gasteiger charge is -2.27. The van der Waals surface area contributed by atoms with Crippen LogP contribution in [0, 0.1) is 0 Å². The molecule has 5 nitrogen and oxygen atoms in total. The summed E-state index contributed by atoms with van der Waals surface area (Å²) in [4.78, 5) is 7.04. The summed E-state index contributed by atoms with van der Waals surface area (Å²) in [6, 6.07) is 176. The first-order valence-electron chi connectivity index (χ1n) is 52.6. The molecule has 0 amide bonds. The van der Waals surface area contributed by atoms with Gasteiger partial charge in [0.1, 0.15) is 22.3 Å². The van der Waals surface area contributed by atoms with Crippen molar-refractivity contribution in [3.63, 3.8) is 0 Å². The van der Waals surface area contributed by atoms with Gasteiger partial charge in [0.25, 0.3) is 0 Å². The molecule has 25 aromatic carbocycles. The van der Waals surface area contributed by atoms with Crippen molar-refractivity contribution in [3.8, 4) is 55.6 Å². The van der Waals surface area contributed by atoms with Crippen molar-refractivity contribution >= 4 is 275 Å². The minimum Gasteiger partial charge on any atom is -0.456 e. The molecule has 0 bridgehead atoms. The number of furan rings is 2. The van der Waals surface area contributed by atoms with E-state index < -0.39 is 6.04 Å². The molecule has 31 aromatic rings. The molecule has 0 saturated heterocycles. The molecule has 0 aliphatic carbocycles. The normalized spacial score (nSPS) is 12.2. The van der Waals surface area contributed by atoms with Crippen molar-refractivity contribution in [2.24, 2.45) is 0 Å². The Morgan fingerprint density at radius 2 is 0.564 bits per heavy atom. The zero-order valence-electron chi connectivity index (χ0n) is 85.1. The highest BCUT2D eigenvalue weighted by Crippen LogP contribution is 2.53. The third-order valence-corrected chi connectivity index (χ3v) is 33.9. The summed E-state index contributed by atoms with van der Waals surface area (Å²) in [5.41, 5.74) is 23.5. The van der Waals surface area contributed by atoms with Crippen LogP contribution in [0.2, 0.25) is 0 Å². The highest BCUT2D eigenvalue weighted by atomic mass is 32.1. The van der Waals surface area contributed by atoms with Gasteiger partial charge in [-0.25, -0.2) is 0 Å². The number of nitrogens with zero attached hydrogens (tertiary/aromatic N) is 3. The molecule has 0 N–H and O–H groups in total. The van der Waals surface area contributed by atoms with Gasteiger partial charge >= 0.3 is 0 Å². The largest absolute Gasteiger partial charge is 0.456 e. The molecule has 0 unspecified atom stereocenters. The molecular weight excluding hydrogens is 1880 g/mol. The van der Waals surface area contributed by atoms with Gasteiger partial charge in [-0.15, -0.1) is 45.3 Å². The highest BCUT2D eigenvalue weighted by Gasteiger charge is 2.27. The van der Waals surface area contributed by atoms with E-state index in [0.29, 0.717) is 5.56 Å². The van der Waals surface area contributed by atoms with Gasteiger partial charge < -0.3 is 23.5 Å². The predicted molar refractivity (Wildman–Crippen MR) is 644 cm³/mol. The van der Waals surface area contributed by atoms with Gasteiger partial charge in [0.05, 0.1) is 18.2 Å². The second kappa shape index (κ2) is 36.5. The minimum atomic E-state index is -0.396. The molecule has 9 heteroatoms. The van der Waals surface area contributed by atoms with Crippen LogP contribution in [0.1, 0.15) is 6.85 Å². The molecule has 149 heavy (non-hydrogen) atoms. The second-order valence-electron chi connectivity index (χ2n) is 38.0. The van der Waals surface area contributed by atoms with Crippen LogP contribution in [-0.4, -0.2) is 0 Å². The minimum absolute atomic E-state index is 0.200. The fraction of sp³-hybridized carbons (Fsp3) is 0. The summed E-state index contributed by atoms with van der Waals surface area (Å²) >= 11 is 7.28. The molecule has 0 fully saturated rings. The zero-order valence-corrected chi connectivity index (χ0v) is 83.4. The SMILES string of the molecule is [2H]c1c([2H])c([2H])c(-c2ccc(N(c3ccc4c(c3)sc3ccccc34)c3ccc4c(c3)sc3ccc5ccccc5c34)c3ccccc23)c([2H])c1[2H].c1ccc(-c2cc(-c3ccc(N(c4ccc5c(c4)oc4ccccc45)c4ccc5c(c4)sc4ccc6ccccc6c45)cc3)cc3ccccc23)cc1.c1ccc(-c2ccc(-c3cccc(N(c4ccc5c(c4)oc4ccc6ccccc6c45)c4cccc5sc6ccccc6c45)c3)cc2)cc1. The Morgan fingerprint density at radius 1 is 0.161 bits per heavy atom. The highest BCUT2D eigenvalue weighted by molar-refractivity contribution is 7.27. The fourth-order valence-electron chi connectivity index (χ4n) is 22.5. The van der Waals surface area contributed by atoms with Crippen LogP contribution in [-0.2, 0) is 0 Å². The molecule has 698 valence electrons. The van der Waals surface area contributed by atoms with Crippen molar-refractivity contribution in [1.29, 1.82) is 0 Å². The summed E-state index contributed by atoms with van der Waals surface area (Å²) in [5.74, 6) is 0. The maximum Gasteiger partial charge on any atom is 0.137 e. The van der Waals surface area contributed by atoms with Crippen LogP contribution in [0.5, 0.6) is 0 Å². The van der Waals surface area contributed by atoms with E-state index in [4.69, 9.17) is 15.7 Å². The standard InChI is InChI=1S/C50H31NOS.C46H29NOS.C44H27NS2/c1-2-10-33(11-3-1)45-29-36(28-35-13-5-6-14-40(35)45)32-18-21-37(22-19-32)51(38-23-25-43-42-16-8-9-17-46(42)52-47(43)30-38)39-24-26-44-49(31-39)53-48-27-20-34-12-4-7-15-41(34)50(44)48;1-2-10-30(11-3-1)31-20-22-32(23-21-31)34-13-8-14-35(28-34)47(40-17-9-19-44-46(40)39-16-6-7-18-43(39)49-44)36-25-26-38-42(29-36)48-41-27-24-33-12-4-5-15-37(33)45(38)41;1-2-10-28(11-3-1)32-23-24-39(35-15-7-6-14-34(32)35)45(30-19-21-37-36-16-8-9-17-40(36)46-42(37)26-30)31-20-22-38-43(27-31)47-41-25-18-29-12-4-5-13-33(29)44(38)41/h1-31H;1-29H;1-27H/i;;1D,2D,3D,10D,11D. The summed E-state index contributed by atoms with van der Waals surface area (Å²) < 4.78 is 65.4. The van der Waals surface area contributed by atoms with E-state index in [-0.39, 0.29) is 29.7 Å². The van der Waals surface area contributed by atoms with Crippen molar-refractivity contribution < 1.29 is 15.7 Å². The van der Waals surface area contributed by atoms with Crippen LogP contribution in [0.25, 0.3) is 234 Å². The number of benzene rings is 25. The van der Waals surface area contributed by atoms with Crippen molar-refractivity contribution in [2.45, 2.75) is 0 Å². The lowest BCUT2D eigenvalue weighted by molar-refractivity contribution is 0.668. The van der Waals surface area contributed by atoms with Gasteiger partial charge in [-0.1, -0.05) is 364 Å². The van der Waals surface area contributed by atoms with Crippen molar-refractivity contribution in [3.05, 3.63) is 528 Å². The average molecular weight is 1980 g/mol. The van der Waals surface area contributed by atoms with Gasteiger partial charge in [-0.3, -0.25) is 0 Å². The Hall–Kier alpha value is -18.3. The first-order chi connectivity index (χ1) is 75.9. The molecule has 0 aliphatic heterocycles. The first kappa shape index (κ1) is 82.0. The summed E-state index contributed by atoms with van der Waals surface area (Å²) in [5, 5.41) is 26.3. The van der Waals surface area contributed by atoms with E-state index in [2.05, 4.69) is 470 Å². The van der Waals surface area contributed by atoms with Gasteiger partial charge in [0.2, 0.25) is 0 Å². The Kier molecular flexibility index (Phi) is 20.1. The summed E-state index contributed by atoms with van der Waals surface area (Å²) in [6.07, 6.45) is 0. The third kappa shape index (κ3) is 15.4. The zero-order chi connectivity index (χ0) is 102. The maximum atomic E-state index is 8.77. The lowest BCUT2D eigenvalue weighted by Crippen LogP contribution is -2.10. The predicted octanol–water partition coefficient (Wildman–Crippen LogP) is 42.8. The quantitative estimate of drug-likeness (QED) is 0.108. The smallest absolute Gasteiger partial charge is 0.137 e. The van der Waals surface area contributed by atoms with E-state index in [1.54, 1.807) is 22.7 Å². The summed E-state index contributed by atoms with van der Waals surface area (Å²) in [7, 11) is 0. The van der Waals surface area contributed by atoms with Crippen LogP contribution < -0.4 is 14.7 Å². The molecule has 31 rings (SSSR count). The van der Waals surface area contributed by atoms with Crippen LogP contribution in [0.4, 0.5) is 51.2 Å². The Balaban J connectivity index is 0.000000108. The fourth-order valence-corrected chi connectivity index (χ4v) is 27.1. The molecule has 6 heterocycles.